The molecule has 1 fully saturated rings. The fourth-order valence-electron chi connectivity index (χ4n) is 2.92. The zero-order valence-corrected chi connectivity index (χ0v) is 17.0. The molecular formula is C21H24BrN3O2. The Kier molecular flexibility index (Phi) is 6.50. The van der Waals surface area contributed by atoms with Crippen molar-refractivity contribution in [3.8, 4) is 0 Å². The topological polar surface area (TPSA) is 61.4 Å². The number of nitrogens with zero attached hydrogens (tertiary/aromatic N) is 1. The summed E-state index contributed by atoms with van der Waals surface area (Å²) in [6.07, 6.45) is 3.09. The first-order chi connectivity index (χ1) is 13.0. The average molecular weight is 430 g/mol. The third-order valence-electron chi connectivity index (χ3n) is 4.79. The van der Waals surface area contributed by atoms with E-state index >= 15 is 0 Å². The Morgan fingerprint density at radius 2 is 1.85 bits per heavy atom. The molecule has 27 heavy (non-hydrogen) atoms. The number of hydrogen-bond acceptors (Lipinski definition) is 2. The SMILES string of the molecule is CN(Cc1ccc(Br)cc1)C(=O)NCc1cccc(NC(=O)C2CCC2)c1. The maximum absolute atomic E-state index is 12.3. The summed E-state index contributed by atoms with van der Waals surface area (Å²) in [5, 5.41) is 5.89. The van der Waals surface area contributed by atoms with Crippen molar-refractivity contribution in [2.45, 2.75) is 32.4 Å². The molecular weight excluding hydrogens is 406 g/mol. The summed E-state index contributed by atoms with van der Waals surface area (Å²) >= 11 is 3.41. The number of benzene rings is 2. The van der Waals surface area contributed by atoms with Gasteiger partial charge in [0.05, 0.1) is 0 Å². The number of carbonyl (C=O) groups excluding carboxylic acids is 2. The van der Waals surface area contributed by atoms with Crippen molar-refractivity contribution in [3.05, 3.63) is 64.1 Å². The molecule has 3 rings (SSSR count). The van der Waals surface area contributed by atoms with Gasteiger partial charge in [-0.1, -0.05) is 46.6 Å². The molecule has 3 amide bonds. The number of urea groups is 1. The Morgan fingerprint density at radius 1 is 1.11 bits per heavy atom. The standard InChI is InChI=1S/C21H24BrN3O2/c1-25(14-15-8-10-18(22)11-9-15)21(27)23-13-16-4-2-7-19(12-16)24-20(26)17-5-3-6-17/h2,4,7-12,17H,3,5-6,13-14H2,1H3,(H,23,27)(H,24,26). The molecule has 0 unspecified atom stereocenters. The second kappa shape index (κ2) is 9.04. The third-order valence-corrected chi connectivity index (χ3v) is 5.32. The predicted octanol–water partition coefficient (Wildman–Crippen LogP) is 4.53. The first kappa shape index (κ1) is 19.4. The van der Waals surface area contributed by atoms with E-state index < -0.39 is 0 Å². The molecule has 2 N–H and O–H groups in total. The summed E-state index contributed by atoms with van der Waals surface area (Å²) in [6, 6.07) is 15.4. The number of hydrogen-bond donors (Lipinski definition) is 2. The first-order valence-corrected chi connectivity index (χ1v) is 9.94. The van der Waals surface area contributed by atoms with Gasteiger partial charge < -0.3 is 15.5 Å². The second-order valence-corrected chi connectivity index (χ2v) is 7.87. The molecule has 0 aromatic heterocycles. The minimum absolute atomic E-state index is 0.0941. The molecule has 6 heteroatoms. The van der Waals surface area contributed by atoms with Crippen molar-refractivity contribution in [3.63, 3.8) is 0 Å². The lowest BCUT2D eigenvalue weighted by Crippen LogP contribution is -2.36. The molecule has 142 valence electrons. The second-order valence-electron chi connectivity index (χ2n) is 6.96. The van der Waals surface area contributed by atoms with Crippen LogP contribution in [0.1, 0.15) is 30.4 Å². The summed E-state index contributed by atoms with van der Waals surface area (Å²) in [6.45, 7) is 0.952. The molecule has 1 saturated carbocycles. The largest absolute Gasteiger partial charge is 0.334 e. The highest BCUT2D eigenvalue weighted by atomic mass is 79.9. The monoisotopic (exact) mass is 429 g/mol. The number of anilines is 1. The van der Waals surface area contributed by atoms with Gasteiger partial charge in [0.2, 0.25) is 5.91 Å². The Morgan fingerprint density at radius 3 is 2.52 bits per heavy atom. The molecule has 1 aliphatic carbocycles. The van der Waals surface area contributed by atoms with Crippen LogP contribution in [-0.2, 0) is 17.9 Å². The Labute approximate surface area is 168 Å². The van der Waals surface area contributed by atoms with E-state index in [4.69, 9.17) is 0 Å². The van der Waals surface area contributed by atoms with Crippen LogP contribution in [0.15, 0.2) is 53.0 Å². The van der Waals surface area contributed by atoms with Gasteiger partial charge in [0.25, 0.3) is 0 Å². The van der Waals surface area contributed by atoms with E-state index in [0.717, 1.165) is 40.5 Å². The molecule has 0 saturated heterocycles. The Bertz CT molecular complexity index is 803. The highest BCUT2D eigenvalue weighted by Crippen LogP contribution is 2.27. The van der Waals surface area contributed by atoms with Gasteiger partial charge in [-0.3, -0.25) is 4.79 Å². The van der Waals surface area contributed by atoms with E-state index in [0.29, 0.717) is 13.1 Å². The lowest BCUT2D eigenvalue weighted by atomic mass is 9.85. The zero-order chi connectivity index (χ0) is 19.2. The number of halogens is 1. The minimum atomic E-state index is -0.137. The predicted molar refractivity (Wildman–Crippen MR) is 110 cm³/mol. The van der Waals surface area contributed by atoms with Crippen LogP contribution in [-0.4, -0.2) is 23.9 Å². The van der Waals surface area contributed by atoms with Crippen molar-refractivity contribution < 1.29 is 9.59 Å². The van der Waals surface area contributed by atoms with E-state index in [-0.39, 0.29) is 17.9 Å². The fourth-order valence-corrected chi connectivity index (χ4v) is 3.19. The van der Waals surface area contributed by atoms with Gasteiger partial charge in [-0.25, -0.2) is 4.79 Å². The van der Waals surface area contributed by atoms with Gasteiger partial charge in [0, 0.05) is 36.2 Å². The number of rotatable bonds is 6. The molecule has 0 aliphatic heterocycles. The summed E-state index contributed by atoms with van der Waals surface area (Å²) in [5.41, 5.74) is 2.80. The van der Waals surface area contributed by atoms with Crippen molar-refractivity contribution in [1.82, 2.24) is 10.2 Å². The Hall–Kier alpha value is -2.34. The average Bonchev–Trinajstić information content (AvgIpc) is 2.60. The van der Waals surface area contributed by atoms with Gasteiger partial charge in [0.15, 0.2) is 0 Å². The highest BCUT2D eigenvalue weighted by Gasteiger charge is 2.25. The molecule has 1 aliphatic rings. The fraction of sp³-hybridized carbons (Fsp3) is 0.333. The lowest BCUT2D eigenvalue weighted by Gasteiger charge is -2.24. The summed E-state index contributed by atoms with van der Waals surface area (Å²) < 4.78 is 1.02. The van der Waals surface area contributed by atoms with Crippen molar-refractivity contribution in [2.24, 2.45) is 5.92 Å². The van der Waals surface area contributed by atoms with Gasteiger partial charge in [0.1, 0.15) is 0 Å². The molecule has 0 bridgehead atoms. The maximum atomic E-state index is 12.3. The number of carbonyl (C=O) groups is 2. The van der Waals surface area contributed by atoms with E-state index in [1.165, 1.54) is 0 Å². The summed E-state index contributed by atoms with van der Waals surface area (Å²) in [7, 11) is 1.77. The normalized spacial score (nSPS) is 13.6. The van der Waals surface area contributed by atoms with Crippen LogP contribution >= 0.6 is 15.9 Å². The van der Waals surface area contributed by atoms with Crippen LogP contribution in [0.5, 0.6) is 0 Å². The Balaban J connectivity index is 1.49. The van der Waals surface area contributed by atoms with Gasteiger partial charge in [-0.15, -0.1) is 0 Å². The number of nitrogens with one attached hydrogen (secondary N) is 2. The molecule has 0 atom stereocenters. The van der Waals surface area contributed by atoms with Crippen LogP contribution in [0.3, 0.4) is 0 Å². The molecule has 2 aromatic rings. The summed E-state index contributed by atoms with van der Waals surface area (Å²) in [5.74, 6) is 0.247. The quantitative estimate of drug-likeness (QED) is 0.708. The van der Waals surface area contributed by atoms with Crippen LogP contribution < -0.4 is 10.6 Å². The van der Waals surface area contributed by atoms with Crippen molar-refractivity contribution in [1.29, 1.82) is 0 Å². The number of amides is 3. The maximum Gasteiger partial charge on any atom is 0.317 e. The third kappa shape index (κ3) is 5.57. The smallest absolute Gasteiger partial charge is 0.317 e. The first-order valence-electron chi connectivity index (χ1n) is 9.14. The minimum Gasteiger partial charge on any atom is -0.334 e. The zero-order valence-electron chi connectivity index (χ0n) is 15.4. The molecule has 0 heterocycles. The van der Waals surface area contributed by atoms with E-state index in [1.54, 1.807) is 11.9 Å². The summed E-state index contributed by atoms with van der Waals surface area (Å²) in [4.78, 5) is 26.0. The van der Waals surface area contributed by atoms with Gasteiger partial charge in [-0.05, 0) is 48.2 Å². The molecule has 0 radical (unpaired) electrons. The van der Waals surface area contributed by atoms with E-state index in [2.05, 4.69) is 26.6 Å². The van der Waals surface area contributed by atoms with E-state index in [1.807, 2.05) is 48.5 Å². The van der Waals surface area contributed by atoms with Crippen molar-refractivity contribution >= 4 is 33.6 Å². The van der Waals surface area contributed by atoms with Gasteiger partial charge >= 0.3 is 6.03 Å². The lowest BCUT2D eigenvalue weighted by molar-refractivity contribution is -0.122. The van der Waals surface area contributed by atoms with Crippen LogP contribution in [0, 0.1) is 5.92 Å². The van der Waals surface area contributed by atoms with Crippen LogP contribution in [0.4, 0.5) is 10.5 Å². The van der Waals surface area contributed by atoms with Gasteiger partial charge in [-0.2, -0.15) is 0 Å². The van der Waals surface area contributed by atoms with Crippen LogP contribution in [0.25, 0.3) is 0 Å². The van der Waals surface area contributed by atoms with Crippen molar-refractivity contribution in [2.75, 3.05) is 12.4 Å². The molecule has 2 aromatic carbocycles. The molecule has 5 nitrogen and oxygen atoms in total. The molecule has 0 spiro atoms. The highest BCUT2D eigenvalue weighted by molar-refractivity contribution is 9.10. The van der Waals surface area contributed by atoms with Crippen LogP contribution in [0.2, 0.25) is 0 Å². The van der Waals surface area contributed by atoms with E-state index in [9.17, 15) is 9.59 Å².